The monoisotopic (exact) mass is 334 g/mol. The Hall–Kier alpha value is -1.70. The molecular weight excluding hydrogens is 314 g/mol. The van der Waals surface area contributed by atoms with Gasteiger partial charge in [-0.05, 0) is 18.1 Å². The van der Waals surface area contributed by atoms with E-state index in [0.29, 0.717) is 6.42 Å². The summed E-state index contributed by atoms with van der Waals surface area (Å²) in [6.07, 6.45) is 1.30. The van der Waals surface area contributed by atoms with Crippen LogP contribution in [0.15, 0.2) is 18.2 Å². The summed E-state index contributed by atoms with van der Waals surface area (Å²) < 4.78 is 50.7. The number of amides is 1. The second-order valence-electron chi connectivity index (χ2n) is 5.38. The molecule has 1 aromatic carbocycles. The normalized spacial score (nSPS) is 11.5. The highest BCUT2D eigenvalue weighted by molar-refractivity contribution is 7.92. The van der Waals surface area contributed by atoms with Crippen LogP contribution in [0.3, 0.4) is 0 Å². The van der Waals surface area contributed by atoms with Gasteiger partial charge in [-0.25, -0.2) is 17.2 Å². The third-order valence-corrected chi connectivity index (χ3v) is 4.02. The van der Waals surface area contributed by atoms with Gasteiger partial charge in [0, 0.05) is 19.0 Å². The summed E-state index contributed by atoms with van der Waals surface area (Å²) in [5, 5.41) is 2.60. The number of carbonyl (C=O) groups is 1. The lowest BCUT2D eigenvalue weighted by atomic mass is 10.1. The summed E-state index contributed by atoms with van der Waals surface area (Å²) in [4.78, 5) is 11.5. The maximum absolute atomic E-state index is 13.3. The Bertz CT molecular complexity index is 633. The molecule has 0 bridgehead atoms. The van der Waals surface area contributed by atoms with Gasteiger partial charge in [0.05, 0.1) is 18.5 Å². The summed E-state index contributed by atoms with van der Waals surface area (Å²) in [5.41, 5.74) is 0.0134. The Morgan fingerprint density at radius 3 is 2.41 bits per heavy atom. The molecule has 0 saturated heterocycles. The van der Waals surface area contributed by atoms with Crippen molar-refractivity contribution < 1.29 is 22.0 Å². The van der Waals surface area contributed by atoms with Crippen molar-refractivity contribution in [2.45, 2.75) is 20.3 Å². The number of carbonyl (C=O) groups excluding carboxylic acids is 1. The van der Waals surface area contributed by atoms with Crippen LogP contribution in [0, 0.1) is 17.6 Å². The topological polar surface area (TPSA) is 66.5 Å². The number of benzene rings is 1. The molecule has 0 unspecified atom stereocenters. The Balaban J connectivity index is 2.79. The highest BCUT2D eigenvalue weighted by Gasteiger charge is 2.19. The summed E-state index contributed by atoms with van der Waals surface area (Å²) in [6, 6.07) is 2.85. The van der Waals surface area contributed by atoms with Crippen molar-refractivity contribution in [1.82, 2.24) is 5.32 Å². The van der Waals surface area contributed by atoms with E-state index in [9.17, 15) is 22.0 Å². The van der Waals surface area contributed by atoms with Crippen molar-refractivity contribution in [3.63, 3.8) is 0 Å². The highest BCUT2D eigenvalue weighted by Crippen LogP contribution is 2.20. The fraction of sp³-hybridized carbons (Fsp3) is 0.500. The van der Waals surface area contributed by atoms with Crippen LogP contribution in [-0.2, 0) is 14.8 Å². The van der Waals surface area contributed by atoms with Gasteiger partial charge in [-0.15, -0.1) is 0 Å². The lowest BCUT2D eigenvalue weighted by Gasteiger charge is -2.22. The third kappa shape index (κ3) is 5.59. The smallest absolute Gasteiger partial charge is 0.232 e. The van der Waals surface area contributed by atoms with Crippen molar-refractivity contribution >= 4 is 21.6 Å². The van der Waals surface area contributed by atoms with Crippen molar-refractivity contribution in [2.24, 2.45) is 5.92 Å². The third-order valence-electron chi connectivity index (χ3n) is 2.82. The van der Waals surface area contributed by atoms with Crippen molar-refractivity contribution in [3.8, 4) is 0 Å². The lowest BCUT2D eigenvalue weighted by molar-refractivity contribution is -0.121. The van der Waals surface area contributed by atoms with Gasteiger partial charge >= 0.3 is 0 Å². The van der Waals surface area contributed by atoms with E-state index in [0.717, 1.165) is 22.7 Å². The standard InChI is InChI=1S/C14H20F2N2O3S/c1-10(2)8-14(19)17-6-7-18(22(3,20)21)11-4-5-12(15)13(16)9-11/h4-5,9-10H,6-8H2,1-3H3,(H,17,19). The average Bonchev–Trinajstić information content (AvgIpc) is 2.36. The number of hydrogen-bond donors (Lipinski definition) is 1. The minimum Gasteiger partial charge on any atom is -0.354 e. The molecule has 0 heterocycles. The number of anilines is 1. The SMILES string of the molecule is CC(C)CC(=O)NCCN(c1ccc(F)c(F)c1)S(C)(=O)=O. The highest BCUT2D eigenvalue weighted by atomic mass is 32.2. The molecular formula is C14H20F2N2O3S. The molecule has 0 radical (unpaired) electrons. The maximum atomic E-state index is 13.3. The molecule has 1 aromatic rings. The summed E-state index contributed by atoms with van der Waals surface area (Å²) in [6.45, 7) is 3.80. The quantitative estimate of drug-likeness (QED) is 0.828. The molecule has 0 aromatic heterocycles. The van der Waals surface area contributed by atoms with Crippen LogP contribution in [0.2, 0.25) is 0 Å². The zero-order valence-electron chi connectivity index (χ0n) is 12.8. The van der Waals surface area contributed by atoms with Gasteiger partial charge in [0.25, 0.3) is 0 Å². The van der Waals surface area contributed by atoms with E-state index in [1.54, 1.807) is 0 Å². The number of nitrogens with zero attached hydrogens (tertiary/aromatic N) is 1. The van der Waals surface area contributed by atoms with Crippen LogP contribution >= 0.6 is 0 Å². The second-order valence-corrected chi connectivity index (χ2v) is 7.29. The van der Waals surface area contributed by atoms with E-state index in [4.69, 9.17) is 0 Å². The molecule has 1 N–H and O–H groups in total. The Morgan fingerprint density at radius 2 is 1.91 bits per heavy atom. The fourth-order valence-corrected chi connectivity index (χ4v) is 2.79. The Kier molecular flexibility index (Phi) is 6.28. The predicted octanol–water partition coefficient (Wildman–Crippen LogP) is 1.89. The van der Waals surface area contributed by atoms with Crippen LogP contribution in [0.5, 0.6) is 0 Å². The molecule has 0 spiro atoms. The van der Waals surface area contributed by atoms with Crippen LogP contribution in [0.4, 0.5) is 14.5 Å². The molecule has 1 rings (SSSR count). The van der Waals surface area contributed by atoms with Crippen LogP contribution in [-0.4, -0.2) is 33.7 Å². The summed E-state index contributed by atoms with van der Waals surface area (Å²) >= 11 is 0. The molecule has 0 aliphatic heterocycles. The molecule has 0 atom stereocenters. The van der Waals surface area contributed by atoms with Gasteiger partial charge in [-0.3, -0.25) is 9.10 Å². The van der Waals surface area contributed by atoms with E-state index in [1.807, 2.05) is 13.8 Å². The zero-order valence-corrected chi connectivity index (χ0v) is 13.6. The summed E-state index contributed by atoms with van der Waals surface area (Å²) in [5.74, 6) is -2.18. The minimum absolute atomic E-state index is 0.0134. The minimum atomic E-state index is -3.68. The molecule has 0 fully saturated rings. The fourth-order valence-electron chi connectivity index (χ4n) is 1.87. The molecule has 22 heavy (non-hydrogen) atoms. The molecule has 5 nitrogen and oxygen atoms in total. The molecule has 1 amide bonds. The zero-order chi connectivity index (χ0) is 16.9. The van der Waals surface area contributed by atoms with Gasteiger partial charge in [-0.1, -0.05) is 13.8 Å². The number of halogens is 2. The predicted molar refractivity (Wildman–Crippen MR) is 81.0 cm³/mol. The van der Waals surface area contributed by atoms with Gasteiger partial charge in [0.1, 0.15) is 0 Å². The molecule has 124 valence electrons. The van der Waals surface area contributed by atoms with Crippen LogP contribution < -0.4 is 9.62 Å². The first kappa shape index (κ1) is 18.3. The number of nitrogens with one attached hydrogen (secondary N) is 1. The number of rotatable bonds is 7. The van der Waals surface area contributed by atoms with Gasteiger partial charge in [-0.2, -0.15) is 0 Å². The Labute approximate surface area is 129 Å². The average molecular weight is 334 g/mol. The Morgan fingerprint density at radius 1 is 1.27 bits per heavy atom. The first-order chi connectivity index (χ1) is 10.1. The van der Waals surface area contributed by atoms with E-state index in [-0.39, 0.29) is 30.6 Å². The van der Waals surface area contributed by atoms with Gasteiger partial charge in [0.2, 0.25) is 15.9 Å². The number of hydrogen-bond acceptors (Lipinski definition) is 3. The molecule has 0 aliphatic carbocycles. The number of sulfonamides is 1. The second kappa shape index (κ2) is 7.53. The van der Waals surface area contributed by atoms with Crippen molar-refractivity contribution in [1.29, 1.82) is 0 Å². The van der Waals surface area contributed by atoms with E-state index in [1.165, 1.54) is 6.07 Å². The molecule has 8 heteroatoms. The molecule has 0 aliphatic rings. The van der Waals surface area contributed by atoms with Crippen LogP contribution in [0.25, 0.3) is 0 Å². The molecule has 0 saturated carbocycles. The van der Waals surface area contributed by atoms with E-state index < -0.39 is 21.7 Å². The first-order valence-corrected chi connectivity index (χ1v) is 8.65. The van der Waals surface area contributed by atoms with Gasteiger partial charge < -0.3 is 5.32 Å². The van der Waals surface area contributed by atoms with Gasteiger partial charge in [0.15, 0.2) is 11.6 Å². The lowest BCUT2D eigenvalue weighted by Crippen LogP contribution is -2.38. The maximum Gasteiger partial charge on any atom is 0.232 e. The van der Waals surface area contributed by atoms with E-state index in [2.05, 4.69) is 5.32 Å². The largest absolute Gasteiger partial charge is 0.354 e. The van der Waals surface area contributed by atoms with E-state index >= 15 is 0 Å². The summed E-state index contributed by atoms with van der Waals surface area (Å²) in [7, 11) is -3.68. The first-order valence-electron chi connectivity index (χ1n) is 6.80. The van der Waals surface area contributed by atoms with Crippen molar-refractivity contribution in [2.75, 3.05) is 23.7 Å². The van der Waals surface area contributed by atoms with Crippen LogP contribution in [0.1, 0.15) is 20.3 Å². The van der Waals surface area contributed by atoms with Crippen molar-refractivity contribution in [3.05, 3.63) is 29.8 Å².